The van der Waals surface area contributed by atoms with Gasteiger partial charge in [-0.05, 0) is 30.9 Å². The Morgan fingerprint density at radius 1 is 1.26 bits per heavy atom. The standard InChI is InChI=1S/C19H23N3O5/c1-21-17-13(6-3-11-27-12-4-10-23)5-2-7-14(17)22(19(21)26)15-8-9-16(24)20-18(15)25/h2,5,7,10,15H,3-4,6,8-9,11-12H2,1H3,(H,20,24,25). The number of nitrogens with zero attached hydrogens (tertiary/aromatic N) is 2. The number of hydrogen-bond acceptors (Lipinski definition) is 5. The molecule has 0 radical (unpaired) electrons. The molecule has 2 heterocycles. The molecule has 8 nitrogen and oxygen atoms in total. The number of imidazole rings is 1. The number of benzene rings is 1. The average molecular weight is 373 g/mol. The summed E-state index contributed by atoms with van der Waals surface area (Å²) < 4.78 is 8.44. The Labute approximate surface area is 156 Å². The summed E-state index contributed by atoms with van der Waals surface area (Å²) in [4.78, 5) is 46.8. The van der Waals surface area contributed by atoms with E-state index >= 15 is 0 Å². The van der Waals surface area contributed by atoms with Crippen LogP contribution < -0.4 is 11.0 Å². The first-order valence-electron chi connectivity index (χ1n) is 9.08. The molecular formula is C19H23N3O5. The summed E-state index contributed by atoms with van der Waals surface area (Å²) in [6, 6.07) is 4.97. The lowest BCUT2D eigenvalue weighted by atomic mass is 10.0. The number of amides is 2. The Balaban J connectivity index is 1.86. The minimum Gasteiger partial charge on any atom is -0.381 e. The predicted molar refractivity (Wildman–Crippen MR) is 98.4 cm³/mol. The first-order chi connectivity index (χ1) is 13.0. The van der Waals surface area contributed by atoms with Gasteiger partial charge < -0.3 is 9.53 Å². The monoisotopic (exact) mass is 373 g/mol. The van der Waals surface area contributed by atoms with E-state index in [1.807, 2.05) is 18.2 Å². The molecule has 144 valence electrons. The van der Waals surface area contributed by atoms with E-state index in [2.05, 4.69) is 5.32 Å². The van der Waals surface area contributed by atoms with Crippen LogP contribution in [0.2, 0.25) is 0 Å². The van der Waals surface area contributed by atoms with E-state index in [1.54, 1.807) is 11.6 Å². The zero-order valence-corrected chi connectivity index (χ0v) is 15.3. The molecule has 2 aromatic rings. The number of fused-ring (bicyclic) bond motifs is 1. The first kappa shape index (κ1) is 19.0. The highest BCUT2D eigenvalue weighted by Gasteiger charge is 2.31. The number of piperidine rings is 1. The molecule has 0 saturated carbocycles. The molecule has 8 heteroatoms. The molecule has 0 spiro atoms. The van der Waals surface area contributed by atoms with Crippen molar-refractivity contribution in [1.29, 1.82) is 0 Å². The molecule has 0 aliphatic carbocycles. The summed E-state index contributed by atoms with van der Waals surface area (Å²) in [5, 5.41) is 2.31. The van der Waals surface area contributed by atoms with Crippen molar-refractivity contribution in [2.45, 2.75) is 38.1 Å². The maximum absolute atomic E-state index is 12.8. The lowest BCUT2D eigenvalue weighted by Crippen LogP contribution is -2.44. The highest BCUT2D eigenvalue weighted by atomic mass is 16.5. The van der Waals surface area contributed by atoms with Crippen LogP contribution in [-0.2, 0) is 32.6 Å². The van der Waals surface area contributed by atoms with E-state index in [0.29, 0.717) is 38.0 Å². The van der Waals surface area contributed by atoms with E-state index in [9.17, 15) is 19.2 Å². The van der Waals surface area contributed by atoms with Gasteiger partial charge in [0.15, 0.2) is 0 Å². The van der Waals surface area contributed by atoms with Crippen LogP contribution in [0, 0.1) is 0 Å². The van der Waals surface area contributed by atoms with Crippen molar-refractivity contribution < 1.29 is 19.1 Å². The molecule has 1 saturated heterocycles. The molecule has 0 bridgehead atoms. The number of hydrogen-bond donors (Lipinski definition) is 1. The molecule has 1 aromatic heterocycles. The number of aldehydes is 1. The minimum absolute atomic E-state index is 0.219. The van der Waals surface area contributed by atoms with Crippen LogP contribution in [0.3, 0.4) is 0 Å². The zero-order chi connectivity index (χ0) is 19.4. The number of ether oxygens (including phenoxy) is 1. The van der Waals surface area contributed by atoms with Crippen molar-refractivity contribution in [2.75, 3.05) is 13.2 Å². The van der Waals surface area contributed by atoms with E-state index in [-0.39, 0.29) is 18.0 Å². The number of carbonyl (C=O) groups is 3. The Morgan fingerprint density at radius 2 is 2.07 bits per heavy atom. The summed E-state index contributed by atoms with van der Waals surface area (Å²) in [7, 11) is 1.69. The van der Waals surface area contributed by atoms with Gasteiger partial charge in [-0.25, -0.2) is 4.79 Å². The van der Waals surface area contributed by atoms with Crippen LogP contribution in [0.15, 0.2) is 23.0 Å². The van der Waals surface area contributed by atoms with Gasteiger partial charge in [-0.3, -0.25) is 24.0 Å². The predicted octanol–water partition coefficient (Wildman–Crippen LogP) is 0.856. The number of para-hydroxylation sites is 1. The van der Waals surface area contributed by atoms with Crippen LogP contribution in [0.25, 0.3) is 11.0 Å². The molecule has 1 N–H and O–H groups in total. The number of carbonyl (C=O) groups excluding carboxylic acids is 3. The largest absolute Gasteiger partial charge is 0.381 e. The fraction of sp³-hybridized carbons (Fsp3) is 0.474. The molecule has 1 unspecified atom stereocenters. The van der Waals surface area contributed by atoms with Gasteiger partial charge in [-0.1, -0.05) is 12.1 Å². The molecule has 27 heavy (non-hydrogen) atoms. The minimum atomic E-state index is -0.680. The highest BCUT2D eigenvalue weighted by Crippen LogP contribution is 2.25. The third-order valence-corrected chi connectivity index (χ3v) is 4.82. The molecule has 1 aromatic carbocycles. The maximum Gasteiger partial charge on any atom is 0.329 e. The van der Waals surface area contributed by atoms with Crippen molar-refractivity contribution >= 4 is 29.1 Å². The third-order valence-electron chi connectivity index (χ3n) is 4.82. The number of aromatic nitrogens is 2. The summed E-state index contributed by atoms with van der Waals surface area (Å²) in [6.45, 7) is 0.949. The van der Waals surface area contributed by atoms with Gasteiger partial charge in [0, 0.05) is 26.5 Å². The van der Waals surface area contributed by atoms with E-state index in [0.717, 1.165) is 23.8 Å². The van der Waals surface area contributed by atoms with Crippen LogP contribution in [0.4, 0.5) is 0 Å². The van der Waals surface area contributed by atoms with E-state index < -0.39 is 11.9 Å². The Kier molecular flexibility index (Phi) is 5.85. The fourth-order valence-electron chi connectivity index (χ4n) is 3.55. The van der Waals surface area contributed by atoms with E-state index in [1.165, 1.54) is 4.57 Å². The Hall–Kier alpha value is -2.74. The molecule has 1 aliphatic heterocycles. The number of nitrogens with one attached hydrogen (secondary N) is 1. The van der Waals surface area contributed by atoms with Crippen molar-refractivity contribution in [3.05, 3.63) is 34.2 Å². The summed E-state index contributed by atoms with van der Waals surface area (Å²) in [5.74, 6) is -0.741. The second-order valence-corrected chi connectivity index (χ2v) is 6.63. The second kappa shape index (κ2) is 8.30. The Morgan fingerprint density at radius 3 is 2.81 bits per heavy atom. The smallest absolute Gasteiger partial charge is 0.329 e. The van der Waals surface area contributed by atoms with Crippen LogP contribution >= 0.6 is 0 Å². The van der Waals surface area contributed by atoms with Crippen molar-refractivity contribution in [3.8, 4) is 0 Å². The van der Waals surface area contributed by atoms with Gasteiger partial charge in [0.05, 0.1) is 17.6 Å². The SMILES string of the molecule is Cn1c(=O)n(C2CCC(=O)NC2=O)c2cccc(CCCOCCC=O)c21. The number of imide groups is 1. The van der Waals surface area contributed by atoms with Gasteiger partial charge in [-0.2, -0.15) is 0 Å². The topological polar surface area (TPSA) is 99.4 Å². The molecule has 1 atom stereocenters. The van der Waals surface area contributed by atoms with E-state index in [4.69, 9.17) is 4.74 Å². The molecule has 3 rings (SSSR count). The highest BCUT2D eigenvalue weighted by molar-refractivity contribution is 6.00. The van der Waals surface area contributed by atoms with Gasteiger partial charge in [0.1, 0.15) is 12.3 Å². The lowest BCUT2D eigenvalue weighted by molar-refractivity contribution is -0.135. The van der Waals surface area contributed by atoms with Crippen LogP contribution in [-0.4, -0.2) is 40.4 Å². The quantitative estimate of drug-likeness (QED) is 0.420. The van der Waals surface area contributed by atoms with Crippen molar-refractivity contribution in [1.82, 2.24) is 14.5 Å². The van der Waals surface area contributed by atoms with Crippen molar-refractivity contribution in [3.63, 3.8) is 0 Å². The van der Waals surface area contributed by atoms with Gasteiger partial charge in [0.25, 0.3) is 0 Å². The van der Waals surface area contributed by atoms with Crippen LogP contribution in [0.1, 0.15) is 37.3 Å². The summed E-state index contributed by atoms with van der Waals surface area (Å²) in [5.41, 5.74) is 2.21. The van der Waals surface area contributed by atoms with Gasteiger partial charge in [0.2, 0.25) is 11.8 Å². The average Bonchev–Trinajstić information content (AvgIpc) is 2.90. The molecular weight excluding hydrogens is 350 g/mol. The molecule has 2 amide bonds. The third kappa shape index (κ3) is 3.85. The maximum atomic E-state index is 12.8. The molecule has 1 aliphatic rings. The van der Waals surface area contributed by atoms with Gasteiger partial charge >= 0.3 is 5.69 Å². The van der Waals surface area contributed by atoms with Crippen molar-refractivity contribution in [2.24, 2.45) is 7.05 Å². The summed E-state index contributed by atoms with van der Waals surface area (Å²) >= 11 is 0. The lowest BCUT2D eigenvalue weighted by Gasteiger charge is -2.21. The summed E-state index contributed by atoms with van der Waals surface area (Å²) in [6.07, 6.45) is 3.23. The fourth-order valence-corrected chi connectivity index (χ4v) is 3.55. The zero-order valence-electron chi connectivity index (χ0n) is 15.3. The molecule has 1 fully saturated rings. The number of rotatable bonds is 8. The van der Waals surface area contributed by atoms with Crippen LogP contribution in [0.5, 0.6) is 0 Å². The second-order valence-electron chi connectivity index (χ2n) is 6.63. The van der Waals surface area contributed by atoms with Gasteiger partial charge in [-0.15, -0.1) is 0 Å². The first-order valence-corrected chi connectivity index (χ1v) is 9.08. The Bertz CT molecular complexity index is 927. The number of aryl methyl sites for hydroxylation is 2. The normalized spacial score (nSPS) is 17.3.